The molecule has 1 unspecified atom stereocenters. The highest BCUT2D eigenvalue weighted by atomic mass is 16.5. The van der Waals surface area contributed by atoms with Gasteiger partial charge in [0.15, 0.2) is 5.65 Å². The second kappa shape index (κ2) is 8.69. The van der Waals surface area contributed by atoms with Crippen LogP contribution in [0, 0.1) is 0 Å². The van der Waals surface area contributed by atoms with E-state index < -0.39 is 0 Å². The lowest BCUT2D eigenvalue weighted by Gasteiger charge is -2.23. The molecule has 158 valence electrons. The maximum Gasteiger partial charge on any atom is 0.243 e. The summed E-state index contributed by atoms with van der Waals surface area (Å²) in [6, 6.07) is 4.30. The van der Waals surface area contributed by atoms with Gasteiger partial charge < -0.3 is 10.1 Å². The van der Waals surface area contributed by atoms with Crippen LogP contribution in [0.1, 0.15) is 43.5 Å². The van der Waals surface area contributed by atoms with E-state index in [0.29, 0.717) is 17.9 Å². The molecule has 0 aromatic carbocycles. The molecule has 0 radical (unpaired) electrons. The molecule has 1 N–H and O–H groups in total. The van der Waals surface area contributed by atoms with E-state index in [1.54, 1.807) is 14.2 Å². The molecule has 0 aliphatic heterocycles. The van der Waals surface area contributed by atoms with Crippen LogP contribution in [0.25, 0.3) is 11.2 Å². The van der Waals surface area contributed by atoms with Crippen LogP contribution in [0.5, 0.6) is 0 Å². The molecule has 1 atom stereocenters. The van der Waals surface area contributed by atoms with Gasteiger partial charge in [-0.2, -0.15) is 10.1 Å². The molecular formula is C22H29N7O. The Bertz CT molecular complexity index is 1090. The zero-order valence-electron chi connectivity index (χ0n) is 18.1. The molecule has 30 heavy (non-hydrogen) atoms. The van der Waals surface area contributed by atoms with Gasteiger partial charge in [0.05, 0.1) is 13.3 Å². The highest BCUT2D eigenvalue weighted by Crippen LogP contribution is 2.25. The first kappa shape index (κ1) is 20.1. The van der Waals surface area contributed by atoms with E-state index in [9.17, 15) is 0 Å². The number of anilines is 1. The van der Waals surface area contributed by atoms with Gasteiger partial charge in [-0.25, -0.2) is 4.52 Å². The Balaban J connectivity index is 1.61. The van der Waals surface area contributed by atoms with Crippen molar-refractivity contribution in [3.8, 4) is 0 Å². The standard InChI is InChI=1S/C22H29N7O/c1-5-8-18(21(23-3)30-4)17-9-7-12-29-20(17)26-22(27-29)25-16-10-11-19-15(13-16)14-24-28(19)6-2/h7-9,12,14,16H,5-6,10-11,13H2,1-4H3,(H,25,27)/b18-8-,23-21?. The first-order valence-corrected chi connectivity index (χ1v) is 10.6. The fraction of sp³-hybridized carbons (Fsp3) is 0.455. The molecule has 1 aliphatic carbocycles. The van der Waals surface area contributed by atoms with Crippen LogP contribution in [0.4, 0.5) is 5.95 Å². The largest absolute Gasteiger partial charge is 0.481 e. The van der Waals surface area contributed by atoms with Crippen LogP contribution in [0.3, 0.4) is 0 Å². The minimum atomic E-state index is 0.297. The van der Waals surface area contributed by atoms with Crippen molar-refractivity contribution in [2.45, 2.75) is 52.1 Å². The van der Waals surface area contributed by atoms with Crippen LogP contribution in [0.15, 0.2) is 35.6 Å². The van der Waals surface area contributed by atoms with Crippen LogP contribution < -0.4 is 5.32 Å². The lowest BCUT2D eigenvalue weighted by molar-refractivity contribution is 0.408. The SMILES string of the molecule is CC/C=C(\C(=NC)OC)c1cccn2nc(NC3CCc4c(cnn4CC)C3)nc12. The minimum Gasteiger partial charge on any atom is -0.481 e. The Morgan fingerprint density at radius 3 is 3.00 bits per heavy atom. The Kier molecular flexibility index (Phi) is 5.83. The molecular weight excluding hydrogens is 378 g/mol. The second-order valence-corrected chi connectivity index (χ2v) is 7.40. The molecule has 3 aromatic rings. The van der Waals surface area contributed by atoms with Gasteiger partial charge in [0.2, 0.25) is 11.8 Å². The predicted octanol–water partition coefficient (Wildman–Crippen LogP) is 3.38. The molecule has 8 nitrogen and oxygen atoms in total. The van der Waals surface area contributed by atoms with Crippen molar-refractivity contribution in [1.82, 2.24) is 24.4 Å². The lowest BCUT2D eigenvalue weighted by atomic mass is 9.93. The van der Waals surface area contributed by atoms with E-state index in [4.69, 9.17) is 9.72 Å². The molecule has 0 bridgehead atoms. The Hall–Kier alpha value is -3.16. The third-order valence-electron chi connectivity index (χ3n) is 5.55. The number of aryl methyl sites for hydroxylation is 1. The summed E-state index contributed by atoms with van der Waals surface area (Å²) in [4.78, 5) is 9.09. The number of fused-ring (bicyclic) bond motifs is 2. The summed E-state index contributed by atoms with van der Waals surface area (Å²) in [5.74, 6) is 1.23. The Morgan fingerprint density at radius 2 is 2.27 bits per heavy atom. The second-order valence-electron chi connectivity index (χ2n) is 7.40. The van der Waals surface area contributed by atoms with Gasteiger partial charge in [0.25, 0.3) is 0 Å². The number of ether oxygens (including phenoxy) is 1. The van der Waals surface area contributed by atoms with Crippen molar-refractivity contribution in [1.29, 1.82) is 0 Å². The predicted molar refractivity (Wildman–Crippen MR) is 119 cm³/mol. The van der Waals surface area contributed by atoms with Gasteiger partial charge in [-0.05, 0) is 50.3 Å². The first-order valence-electron chi connectivity index (χ1n) is 10.6. The molecule has 1 aliphatic rings. The third-order valence-corrected chi connectivity index (χ3v) is 5.55. The summed E-state index contributed by atoms with van der Waals surface area (Å²) in [5.41, 5.74) is 5.36. The van der Waals surface area contributed by atoms with E-state index in [1.807, 2.05) is 29.0 Å². The third kappa shape index (κ3) is 3.69. The number of methoxy groups -OCH3 is 1. The van der Waals surface area contributed by atoms with E-state index >= 15 is 0 Å². The number of hydrogen-bond acceptors (Lipinski definition) is 6. The first-order chi connectivity index (χ1) is 14.7. The number of rotatable bonds is 6. The van der Waals surface area contributed by atoms with Crippen molar-refractivity contribution in [3.63, 3.8) is 0 Å². The van der Waals surface area contributed by atoms with Crippen molar-refractivity contribution < 1.29 is 4.74 Å². The van der Waals surface area contributed by atoms with Gasteiger partial charge in [0, 0.05) is 42.7 Å². The van der Waals surface area contributed by atoms with Gasteiger partial charge in [0.1, 0.15) is 0 Å². The fourth-order valence-electron chi connectivity index (χ4n) is 4.18. The lowest BCUT2D eigenvalue weighted by Crippen LogP contribution is -2.28. The zero-order chi connectivity index (χ0) is 21.1. The van der Waals surface area contributed by atoms with Crippen molar-refractivity contribution in [2.24, 2.45) is 4.99 Å². The van der Waals surface area contributed by atoms with Gasteiger partial charge in [-0.15, -0.1) is 5.10 Å². The molecule has 8 heteroatoms. The minimum absolute atomic E-state index is 0.297. The number of nitrogens with zero attached hydrogens (tertiary/aromatic N) is 6. The highest BCUT2D eigenvalue weighted by molar-refractivity contribution is 6.21. The molecule has 4 rings (SSSR count). The zero-order valence-corrected chi connectivity index (χ0v) is 18.1. The summed E-state index contributed by atoms with van der Waals surface area (Å²) in [6.45, 7) is 5.15. The van der Waals surface area contributed by atoms with Crippen molar-refractivity contribution in [2.75, 3.05) is 19.5 Å². The summed E-state index contributed by atoms with van der Waals surface area (Å²) in [7, 11) is 3.37. The average Bonchev–Trinajstić information content (AvgIpc) is 3.36. The Labute approximate surface area is 176 Å². The number of nitrogens with one attached hydrogen (secondary N) is 1. The van der Waals surface area contributed by atoms with Gasteiger partial charge in [-0.1, -0.05) is 13.0 Å². The van der Waals surface area contributed by atoms with E-state index in [2.05, 4.69) is 45.1 Å². The highest BCUT2D eigenvalue weighted by Gasteiger charge is 2.23. The van der Waals surface area contributed by atoms with Gasteiger partial charge in [-0.3, -0.25) is 9.67 Å². The van der Waals surface area contributed by atoms with Gasteiger partial charge >= 0.3 is 0 Å². The number of aromatic nitrogens is 5. The molecule has 0 saturated heterocycles. The molecule has 0 amide bonds. The maximum atomic E-state index is 5.49. The molecule has 0 spiro atoms. The van der Waals surface area contributed by atoms with E-state index in [0.717, 1.165) is 49.0 Å². The smallest absolute Gasteiger partial charge is 0.243 e. The summed E-state index contributed by atoms with van der Waals surface area (Å²) < 4.78 is 9.41. The topological polar surface area (TPSA) is 81.6 Å². The maximum absolute atomic E-state index is 5.49. The fourth-order valence-corrected chi connectivity index (χ4v) is 4.18. The summed E-state index contributed by atoms with van der Waals surface area (Å²) >= 11 is 0. The van der Waals surface area contributed by atoms with Crippen LogP contribution in [-0.4, -0.2) is 50.5 Å². The van der Waals surface area contributed by atoms with E-state index in [1.165, 1.54) is 11.3 Å². The molecule has 0 fully saturated rings. The number of hydrogen-bond donors (Lipinski definition) is 1. The van der Waals surface area contributed by atoms with Crippen molar-refractivity contribution >= 4 is 23.1 Å². The molecule has 0 saturated carbocycles. The normalized spacial score (nSPS) is 17.3. The number of aliphatic imine (C=N–C) groups is 1. The summed E-state index contributed by atoms with van der Waals surface area (Å²) in [5, 5.41) is 12.7. The van der Waals surface area contributed by atoms with Crippen LogP contribution in [-0.2, 0) is 24.1 Å². The monoisotopic (exact) mass is 407 g/mol. The van der Waals surface area contributed by atoms with E-state index in [-0.39, 0.29) is 0 Å². The Morgan fingerprint density at radius 1 is 1.40 bits per heavy atom. The summed E-state index contributed by atoms with van der Waals surface area (Å²) in [6.07, 6.45) is 9.89. The quantitative estimate of drug-likeness (QED) is 0.500. The van der Waals surface area contributed by atoms with Crippen molar-refractivity contribution in [3.05, 3.63) is 47.4 Å². The molecule has 3 heterocycles. The van der Waals surface area contributed by atoms with Crippen LogP contribution in [0.2, 0.25) is 0 Å². The molecule has 3 aromatic heterocycles. The number of allylic oxidation sites excluding steroid dienone is 1. The average molecular weight is 408 g/mol. The van der Waals surface area contributed by atoms with Crippen LogP contribution >= 0.6 is 0 Å². The number of pyridine rings is 1.